The average molecular weight is 370 g/mol. The Bertz CT molecular complexity index is 730. The minimum atomic E-state index is -1.35. The molecule has 6 nitrogen and oxygen atoms in total. The van der Waals surface area contributed by atoms with Crippen LogP contribution in [0, 0.1) is 0 Å². The Labute approximate surface area is 159 Å². The van der Waals surface area contributed by atoms with E-state index in [1.165, 1.54) is 7.11 Å². The highest BCUT2D eigenvalue weighted by atomic mass is 16.6. The van der Waals surface area contributed by atoms with Crippen molar-refractivity contribution in [2.75, 3.05) is 7.11 Å². The molecule has 2 aromatic rings. The smallest absolute Gasteiger partial charge is 0.408 e. The first-order valence-electron chi connectivity index (χ1n) is 8.65. The van der Waals surface area contributed by atoms with Gasteiger partial charge in [0.15, 0.2) is 6.04 Å². The summed E-state index contributed by atoms with van der Waals surface area (Å²) in [4.78, 5) is 25.0. The third kappa shape index (κ3) is 4.86. The van der Waals surface area contributed by atoms with Crippen LogP contribution in [0.4, 0.5) is 4.79 Å². The van der Waals surface area contributed by atoms with Crippen LogP contribution in [0.15, 0.2) is 60.7 Å². The Hall–Kier alpha value is -2.86. The average Bonchev–Trinajstić information content (AvgIpc) is 2.65. The lowest BCUT2D eigenvalue weighted by atomic mass is 9.77. The van der Waals surface area contributed by atoms with Crippen molar-refractivity contribution in [2.45, 2.75) is 38.0 Å². The molecule has 0 aliphatic carbocycles. The molecular weight excluding hydrogens is 344 g/mol. The molecule has 0 bridgehead atoms. The molecule has 0 heterocycles. The fourth-order valence-corrected chi connectivity index (χ4v) is 2.83. The zero-order valence-electron chi connectivity index (χ0n) is 16.1. The van der Waals surface area contributed by atoms with Gasteiger partial charge in [-0.1, -0.05) is 60.7 Å². The summed E-state index contributed by atoms with van der Waals surface area (Å²) in [5, 5.41) is 2.60. The van der Waals surface area contributed by atoms with Crippen LogP contribution in [-0.4, -0.2) is 30.8 Å². The van der Waals surface area contributed by atoms with Gasteiger partial charge < -0.3 is 20.5 Å². The number of carbonyl (C=O) groups excluding carboxylic acids is 2. The monoisotopic (exact) mass is 370 g/mol. The van der Waals surface area contributed by atoms with Gasteiger partial charge >= 0.3 is 12.1 Å². The van der Waals surface area contributed by atoms with E-state index in [2.05, 4.69) is 5.32 Å². The number of alkyl carbamates (subject to hydrolysis) is 1. The van der Waals surface area contributed by atoms with Gasteiger partial charge in [-0.2, -0.15) is 0 Å². The number of ether oxygens (including phenoxy) is 2. The Morgan fingerprint density at radius 1 is 0.926 bits per heavy atom. The minimum Gasteiger partial charge on any atom is -0.467 e. The lowest BCUT2D eigenvalue weighted by molar-refractivity contribution is -0.144. The van der Waals surface area contributed by atoms with E-state index in [1.54, 1.807) is 45.0 Å². The molecule has 6 heteroatoms. The first-order valence-corrected chi connectivity index (χ1v) is 8.65. The molecule has 144 valence electrons. The van der Waals surface area contributed by atoms with Crippen LogP contribution in [0.3, 0.4) is 0 Å². The summed E-state index contributed by atoms with van der Waals surface area (Å²) in [5.74, 6) is -0.670. The molecule has 27 heavy (non-hydrogen) atoms. The second-order valence-corrected chi connectivity index (χ2v) is 7.20. The van der Waals surface area contributed by atoms with Crippen molar-refractivity contribution in [3.63, 3.8) is 0 Å². The van der Waals surface area contributed by atoms with Gasteiger partial charge in [-0.25, -0.2) is 9.59 Å². The number of methoxy groups -OCH3 is 1. The number of carbonyl (C=O) groups is 2. The SMILES string of the molecule is COC(=O)[C@@H](NC(=O)OC(C)(C)C)C(N)(c1ccccc1)c1ccccc1. The maximum absolute atomic E-state index is 12.6. The van der Waals surface area contributed by atoms with Crippen LogP contribution in [0.2, 0.25) is 0 Å². The maximum atomic E-state index is 12.6. The van der Waals surface area contributed by atoms with Crippen molar-refractivity contribution >= 4 is 12.1 Å². The topological polar surface area (TPSA) is 90.6 Å². The molecule has 3 N–H and O–H groups in total. The number of rotatable bonds is 5. The molecule has 0 spiro atoms. The first kappa shape index (κ1) is 20.5. The Balaban J connectivity index is 2.55. The summed E-state index contributed by atoms with van der Waals surface area (Å²) in [6.07, 6.45) is -0.750. The zero-order valence-corrected chi connectivity index (χ0v) is 16.1. The predicted molar refractivity (Wildman–Crippen MR) is 103 cm³/mol. The fraction of sp³-hybridized carbons (Fsp3) is 0.333. The van der Waals surface area contributed by atoms with E-state index in [0.29, 0.717) is 11.1 Å². The highest BCUT2D eigenvalue weighted by molar-refractivity contribution is 5.84. The number of amides is 1. The van der Waals surface area contributed by atoms with Gasteiger partial charge in [-0.3, -0.25) is 0 Å². The van der Waals surface area contributed by atoms with Crippen LogP contribution in [0.1, 0.15) is 31.9 Å². The quantitative estimate of drug-likeness (QED) is 0.790. The van der Waals surface area contributed by atoms with Crippen molar-refractivity contribution in [3.8, 4) is 0 Å². The van der Waals surface area contributed by atoms with Crippen LogP contribution >= 0.6 is 0 Å². The zero-order chi connectivity index (χ0) is 20.1. The second-order valence-electron chi connectivity index (χ2n) is 7.20. The molecule has 0 aliphatic heterocycles. The molecule has 1 atom stereocenters. The van der Waals surface area contributed by atoms with Gasteiger partial charge in [-0.15, -0.1) is 0 Å². The van der Waals surface area contributed by atoms with Gasteiger partial charge in [0.05, 0.1) is 12.6 Å². The van der Waals surface area contributed by atoms with Crippen LogP contribution in [0.25, 0.3) is 0 Å². The molecular formula is C21H26N2O4. The molecule has 2 rings (SSSR count). The standard InChI is InChI=1S/C21H26N2O4/c1-20(2,3)27-19(25)23-17(18(24)26-4)21(22,15-11-7-5-8-12-15)16-13-9-6-10-14-16/h5-14,17H,22H2,1-4H3,(H,23,25)/t17-/m1/s1. The van der Waals surface area contributed by atoms with Gasteiger partial charge in [0.2, 0.25) is 0 Å². The third-order valence-electron chi connectivity index (χ3n) is 4.06. The number of nitrogens with two attached hydrogens (primary N) is 1. The summed E-state index contributed by atoms with van der Waals surface area (Å²) in [6, 6.07) is 17.0. The first-order chi connectivity index (χ1) is 12.7. The largest absolute Gasteiger partial charge is 0.467 e. The highest BCUT2D eigenvalue weighted by Gasteiger charge is 2.45. The molecule has 0 unspecified atom stereocenters. The van der Waals surface area contributed by atoms with Crippen LogP contribution < -0.4 is 11.1 Å². The van der Waals surface area contributed by atoms with E-state index >= 15 is 0 Å². The number of esters is 1. The lowest BCUT2D eigenvalue weighted by Gasteiger charge is -2.37. The lowest BCUT2D eigenvalue weighted by Crippen LogP contribution is -2.61. The van der Waals surface area contributed by atoms with Crippen molar-refractivity contribution < 1.29 is 19.1 Å². The molecule has 0 saturated carbocycles. The molecule has 0 aromatic heterocycles. The van der Waals surface area contributed by atoms with Gasteiger partial charge in [0, 0.05) is 0 Å². The number of hydrogen-bond acceptors (Lipinski definition) is 5. The molecule has 0 radical (unpaired) electrons. The number of nitrogens with one attached hydrogen (secondary N) is 1. The van der Waals surface area contributed by atoms with Crippen molar-refractivity contribution in [1.82, 2.24) is 5.32 Å². The summed E-state index contributed by atoms with van der Waals surface area (Å²) in [6.45, 7) is 5.22. The molecule has 0 aliphatic rings. The van der Waals surface area contributed by atoms with Crippen molar-refractivity contribution in [3.05, 3.63) is 71.8 Å². The van der Waals surface area contributed by atoms with Gasteiger partial charge in [-0.05, 0) is 31.9 Å². The van der Waals surface area contributed by atoms with Crippen molar-refractivity contribution in [2.24, 2.45) is 5.73 Å². The Kier molecular flexibility index (Phi) is 6.23. The second kappa shape index (κ2) is 8.22. The van der Waals surface area contributed by atoms with Crippen molar-refractivity contribution in [1.29, 1.82) is 0 Å². The van der Waals surface area contributed by atoms with Crippen LogP contribution in [0.5, 0.6) is 0 Å². The van der Waals surface area contributed by atoms with Gasteiger partial charge in [0.1, 0.15) is 5.60 Å². The third-order valence-corrected chi connectivity index (χ3v) is 4.06. The van der Waals surface area contributed by atoms with E-state index in [9.17, 15) is 9.59 Å². The summed E-state index contributed by atoms with van der Waals surface area (Å²) in [7, 11) is 1.25. The van der Waals surface area contributed by atoms with E-state index < -0.39 is 29.2 Å². The molecule has 0 fully saturated rings. The van der Waals surface area contributed by atoms with E-state index in [-0.39, 0.29) is 0 Å². The molecule has 1 amide bonds. The van der Waals surface area contributed by atoms with E-state index in [4.69, 9.17) is 15.2 Å². The molecule has 2 aromatic carbocycles. The summed E-state index contributed by atoms with van der Waals surface area (Å²) >= 11 is 0. The predicted octanol–water partition coefficient (Wildman–Crippen LogP) is 2.96. The maximum Gasteiger partial charge on any atom is 0.408 e. The molecule has 0 saturated heterocycles. The Morgan fingerprint density at radius 2 is 1.37 bits per heavy atom. The number of hydrogen-bond donors (Lipinski definition) is 2. The minimum absolute atomic E-state index is 0.655. The summed E-state index contributed by atoms with van der Waals surface area (Å²) in [5.41, 5.74) is 6.04. The Morgan fingerprint density at radius 3 is 1.74 bits per heavy atom. The highest BCUT2D eigenvalue weighted by Crippen LogP contribution is 2.31. The van der Waals surface area contributed by atoms with Crippen LogP contribution in [-0.2, 0) is 19.8 Å². The number of benzene rings is 2. The van der Waals surface area contributed by atoms with E-state index in [0.717, 1.165) is 0 Å². The summed E-state index contributed by atoms with van der Waals surface area (Å²) < 4.78 is 10.3. The normalized spacial score (nSPS) is 12.8. The van der Waals surface area contributed by atoms with Gasteiger partial charge in [0.25, 0.3) is 0 Å². The van der Waals surface area contributed by atoms with E-state index in [1.807, 2.05) is 36.4 Å². The fourth-order valence-electron chi connectivity index (χ4n) is 2.83.